The highest BCUT2D eigenvalue weighted by molar-refractivity contribution is 5.85. The number of halogens is 1. The number of hydrogen-bond acceptors (Lipinski definition) is 3. The molecule has 1 aromatic rings. The minimum Gasteiger partial charge on any atom is -0.343 e. The number of aryl methyl sites for hydroxylation is 1. The molecule has 1 aromatic heterocycles. The standard InChI is InChI=1S/C18H27N3O.ClH/c22-18(21-13-2-1-3-14-21)8-7-16-5-4-6-17(20-16)15-9-11-19-12-10-15;/h4-6,15,19H,1-3,7-14H2;1H. The Morgan fingerprint density at radius 3 is 2.65 bits per heavy atom. The first-order valence-corrected chi connectivity index (χ1v) is 8.77. The van der Waals surface area contributed by atoms with Crippen LogP contribution in [0.2, 0.25) is 0 Å². The summed E-state index contributed by atoms with van der Waals surface area (Å²) in [5.74, 6) is 0.882. The number of carbonyl (C=O) groups is 1. The average molecular weight is 338 g/mol. The molecule has 3 heterocycles. The van der Waals surface area contributed by atoms with E-state index in [-0.39, 0.29) is 12.4 Å². The molecule has 0 atom stereocenters. The fourth-order valence-corrected chi connectivity index (χ4v) is 3.52. The van der Waals surface area contributed by atoms with Crippen molar-refractivity contribution in [2.24, 2.45) is 0 Å². The lowest BCUT2D eigenvalue weighted by Gasteiger charge is -2.26. The highest BCUT2D eigenvalue weighted by Gasteiger charge is 2.18. The monoisotopic (exact) mass is 337 g/mol. The van der Waals surface area contributed by atoms with Gasteiger partial charge < -0.3 is 10.2 Å². The van der Waals surface area contributed by atoms with Crippen LogP contribution in [0.1, 0.15) is 55.8 Å². The molecule has 0 saturated carbocycles. The van der Waals surface area contributed by atoms with E-state index in [2.05, 4.69) is 23.5 Å². The third kappa shape index (κ3) is 5.18. The summed E-state index contributed by atoms with van der Waals surface area (Å²) < 4.78 is 0. The molecular weight excluding hydrogens is 310 g/mol. The van der Waals surface area contributed by atoms with E-state index < -0.39 is 0 Å². The average Bonchev–Trinajstić information content (AvgIpc) is 2.61. The van der Waals surface area contributed by atoms with Crippen LogP contribution in [0.3, 0.4) is 0 Å². The summed E-state index contributed by atoms with van der Waals surface area (Å²) in [6.07, 6.45) is 7.30. The van der Waals surface area contributed by atoms with Gasteiger partial charge in [0.15, 0.2) is 0 Å². The molecule has 2 saturated heterocycles. The zero-order valence-corrected chi connectivity index (χ0v) is 14.6. The van der Waals surface area contributed by atoms with Crippen LogP contribution >= 0.6 is 12.4 Å². The normalized spacial score (nSPS) is 19.2. The largest absolute Gasteiger partial charge is 0.343 e. The number of piperidine rings is 2. The van der Waals surface area contributed by atoms with Gasteiger partial charge in [-0.3, -0.25) is 9.78 Å². The molecule has 2 aliphatic heterocycles. The number of rotatable bonds is 4. The third-order valence-corrected chi connectivity index (χ3v) is 4.89. The number of aromatic nitrogens is 1. The van der Waals surface area contributed by atoms with Crippen LogP contribution in [0.25, 0.3) is 0 Å². The van der Waals surface area contributed by atoms with E-state index in [1.165, 1.54) is 25.0 Å². The van der Waals surface area contributed by atoms with Crippen LogP contribution in [-0.2, 0) is 11.2 Å². The lowest BCUT2D eigenvalue weighted by Crippen LogP contribution is -2.35. The highest BCUT2D eigenvalue weighted by Crippen LogP contribution is 2.23. The van der Waals surface area contributed by atoms with Gasteiger partial charge in [0.25, 0.3) is 0 Å². The van der Waals surface area contributed by atoms with Crippen LogP contribution in [0, 0.1) is 0 Å². The van der Waals surface area contributed by atoms with Crippen molar-refractivity contribution < 1.29 is 4.79 Å². The number of nitrogens with zero attached hydrogens (tertiary/aromatic N) is 2. The molecule has 1 amide bonds. The van der Waals surface area contributed by atoms with Crippen LogP contribution < -0.4 is 5.32 Å². The summed E-state index contributed by atoms with van der Waals surface area (Å²) in [6, 6.07) is 6.31. The van der Waals surface area contributed by atoms with Crippen molar-refractivity contribution >= 4 is 18.3 Å². The van der Waals surface area contributed by atoms with Crippen LogP contribution in [0.5, 0.6) is 0 Å². The Hall–Kier alpha value is -1.13. The Balaban J connectivity index is 0.00000192. The molecule has 0 spiro atoms. The van der Waals surface area contributed by atoms with E-state index >= 15 is 0 Å². The number of likely N-dealkylation sites (tertiary alicyclic amines) is 1. The maximum Gasteiger partial charge on any atom is 0.222 e. The molecule has 0 aromatic carbocycles. The van der Waals surface area contributed by atoms with E-state index in [1.807, 2.05) is 4.90 Å². The topological polar surface area (TPSA) is 45.2 Å². The number of hydrogen-bond donors (Lipinski definition) is 1. The van der Waals surface area contributed by atoms with Crippen molar-refractivity contribution in [3.8, 4) is 0 Å². The quantitative estimate of drug-likeness (QED) is 0.918. The number of pyridine rings is 1. The zero-order valence-electron chi connectivity index (χ0n) is 13.8. The Bertz CT molecular complexity index is 497. The van der Waals surface area contributed by atoms with Gasteiger partial charge in [-0.25, -0.2) is 0 Å². The molecule has 128 valence electrons. The highest BCUT2D eigenvalue weighted by atomic mass is 35.5. The first kappa shape index (κ1) is 18.2. The first-order chi connectivity index (χ1) is 10.8. The molecule has 3 rings (SSSR count). The van der Waals surface area contributed by atoms with Gasteiger partial charge in [0, 0.05) is 36.8 Å². The van der Waals surface area contributed by atoms with Gasteiger partial charge in [0.2, 0.25) is 5.91 Å². The molecular formula is C18H28ClN3O. The summed E-state index contributed by atoms with van der Waals surface area (Å²) in [5, 5.41) is 3.40. The van der Waals surface area contributed by atoms with E-state index in [1.54, 1.807) is 0 Å². The second kappa shape index (κ2) is 9.24. The number of nitrogens with one attached hydrogen (secondary N) is 1. The van der Waals surface area contributed by atoms with Crippen molar-refractivity contribution in [3.63, 3.8) is 0 Å². The minimum absolute atomic E-state index is 0. The predicted octanol–water partition coefficient (Wildman–Crippen LogP) is 2.92. The lowest BCUT2D eigenvalue weighted by atomic mass is 9.94. The molecule has 5 heteroatoms. The number of carbonyl (C=O) groups excluding carboxylic acids is 1. The van der Waals surface area contributed by atoms with Crippen molar-refractivity contribution in [1.29, 1.82) is 0 Å². The summed E-state index contributed by atoms with van der Waals surface area (Å²) in [5.41, 5.74) is 2.28. The summed E-state index contributed by atoms with van der Waals surface area (Å²) >= 11 is 0. The van der Waals surface area contributed by atoms with E-state index in [0.29, 0.717) is 18.2 Å². The SMILES string of the molecule is Cl.O=C(CCc1cccc(C2CCNCC2)n1)N1CCCCC1. The van der Waals surface area contributed by atoms with Gasteiger partial charge in [-0.2, -0.15) is 0 Å². The van der Waals surface area contributed by atoms with Crippen molar-refractivity contribution in [1.82, 2.24) is 15.2 Å². The molecule has 2 aliphatic rings. The Morgan fingerprint density at radius 1 is 1.17 bits per heavy atom. The van der Waals surface area contributed by atoms with Gasteiger partial charge in [-0.05, 0) is 63.7 Å². The Labute approximate surface area is 145 Å². The Kier molecular flexibility index (Phi) is 7.31. The maximum atomic E-state index is 12.2. The molecule has 0 aliphatic carbocycles. The van der Waals surface area contributed by atoms with Crippen molar-refractivity contribution in [2.75, 3.05) is 26.2 Å². The lowest BCUT2D eigenvalue weighted by molar-refractivity contribution is -0.132. The molecule has 4 nitrogen and oxygen atoms in total. The van der Waals surface area contributed by atoms with Crippen molar-refractivity contribution in [2.45, 2.75) is 50.9 Å². The molecule has 0 radical (unpaired) electrons. The van der Waals surface area contributed by atoms with Crippen LogP contribution in [0.15, 0.2) is 18.2 Å². The summed E-state index contributed by atoms with van der Waals surface area (Å²) in [6.45, 7) is 4.07. The van der Waals surface area contributed by atoms with Crippen molar-refractivity contribution in [3.05, 3.63) is 29.6 Å². The van der Waals surface area contributed by atoms with Gasteiger partial charge in [0.05, 0.1) is 0 Å². The van der Waals surface area contributed by atoms with Gasteiger partial charge in [-0.1, -0.05) is 6.07 Å². The summed E-state index contributed by atoms with van der Waals surface area (Å²) in [7, 11) is 0. The first-order valence-electron chi connectivity index (χ1n) is 8.77. The Morgan fingerprint density at radius 2 is 1.91 bits per heavy atom. The zero-order chi connectivity index (χ0) is 15.2. The second-order valence-electron chi connectivity index (χ2n) is 6.52. The smallest absolute Gasteiger partial charge is 0.222 e. The predicted molar refractivity (Wildman–Crippen MR) is 95.1 cm³/mol. The number of amides is 1. The van der Waals surface area contributed by atoms with Gasteiger partial charge >= 0.3 is 0 Å². The third-order valence-electron chi connectivity index (χ3n) is 4.89. The van der Waals surface area contributed by atoms with Crippen LogP contribution in [-0.4, -0.2) is 42.0 Å². The maximum absolute atomic E-state index is 12.2. The van der Waals surface area contributed by atoms with E-state index in [0.717, 1.165) is 51.1 Å². The molecule has 2 fully saturated rings. The molecule has 1 N–H and O–H groups in total. The molecule has 23 heavy (non-hydrogen) atoms. The summed E-state index contributed by atoms with van der Waals surface area (Å²) in [4.78, 5) is 19.1. The fourth-order valence-electron chi connectivity index (χ4n) is 3.52. The van der Waals surface area contributed by atoms with Crippen LogP contribution in [0.4, 0.5) is 0 Å². The second-order valence-corrected chi connectivity index (χ2v) is 6.52. The van der Waals surface area contributed by atoms with E-state index in [4.69, 9.17) is 4.98 Å². The minimum atomic E-state index is 0. The van der Waals surface area contributed by atoms with E-state index in [9.17, 15) is 4.79 Å². The fraction of sp³-hybridized carbons (Fsp3) is 0.667. The van der Waals surface area contributed by atoms with Gasteiger partial charge in [0.1, 0.15) is 0 Å². The molecule has 0 bridgehead atoms. The molecule has 0 unspecified atom stereocenters. The van der Waals surface area contributed by atoms with Gasteiger partial charge in [-0.15, -0.1) is 12.4 Å².